The maximum Gasteiger partial charge on any atom is 0.255 e. The normalized spacial score (nSPS) is 20.5. The van der Waals surface area contributed by atoms with Crippen molar-refractivity contribution in [2.75, 3.05) is 31.6 Å². The van der Waals surface area contributed by atoms with E-state index in [-0.39, 0.29) is 17.9 Å². The lowest BCUT2D eigenvalue weighted by atomic mass is 9.95. The third-order valence-corrected chi connectivity index (χ3v) is 6.61. The van der Waals surface area contributed by atoms with E-state index in [1.807, 2.05) is 42.5 Å². The number of para-hydroxylation sites is 1. The van der Waals surface area contributed by atoms with Gasteiger partial charge in [0.25, 0.3) is 5.91 Å². The van der Waals surface area contributed by atoms with Crippen LogP contribution < -0.4 is 11.1 Å². The van der Waals surface area contributed by atoms with Gasteiger partial charge >= 0.3 is 0 Å². The van der Waals surface area contributed by atoms with Gasteiger partial charge in [-0.1, -0.05) is 30.3 Å². The van der Waals surface area contributed by atoms with Crippen LogP contribution in [0.1, 0.15) is 35.7 Å². The van der Waals surface area contributed by atoms with Crippen molar-refractivity contribution >= 4 is 39.8 Å². The first-order valence-corrected chi connectivity index (χ1v) is 12.1. The standard InChI is InChI=1S/C28H29N5O3/c1-18(34)33-11-9-26(31-22-10-12-36-17-22)24(16-33)27(29)20-6-4-7-21(13-20)28(35)32-23-14-19-5-2-3-8-25(19)30-15-23/h2-8,13-15,22H,9-12,16-17,29H2,1H3,(H,32,35). The van der Waals surface area contributed by atoms with E-state index in [1.165, 1.54) is 0 Å². The third-order valence-electron chi connectivity index (χ3n) is 6.61. The second kappa shape index (κ2) is 10.3. The lowest BCUT2D eigenvalue weighted by Crippen LogP contribution is -2.40. The molecule has 2 fully saturated rings. The van der Waals surface area contributed by atoms with Gasteiger partial charge < -0.3 is 20.7 Å². The number of carbonyl (C=O) groups excluding carboxylic acids is 2. The number of nitrogens with two attached hydrogens (primary N) is 1. The van der Waals surface area contributed by atoms with Gasteiger partial charge in [-0.2, -0.15) is 0 Å². The zero-order valence-electron chi connectivity index (χ0n) is 20.2. The number of aromatic nitrogens is 1. The topological polar surface area (TPSA) is 110 Å². The smallest absolute Gasteiger partial charge is 0.255 e. The Morgan fingerprint density at radius 3 is 2.78 bits per heavy atom. The lowest BCUT2D eigenvalue weighted by molar-refractivity contribution is -0.128. The Bertz CT molecular complexity index is 1370. The molecule has 2 aliphatic rings. The number of piperidine rings is 1. The Kier molecular flexibility index (Phi) is 6.77. The molecule has 0 saturated carbocycles. The summed E-state index contributed by atoms with van der Waals surface area (Å²) in [6.45, 7) is 3.88. The summed E-state index contributed by atoms with van der Waals surface area (Å²) in [7, 11) is 0. The molecular weight excluding hydrogens is 454 g/mol. The number of carbonyl (C=O) groups is 2. The Balaban J connectivity index is 1.43. The van der Waals surface area contributed by atoms with Crippen molar-refractivity contribution in [2.24, 2.45) is 10.7 Å². The highest BCUT2D eigenvalue weighted by Crippen LogP contribution is 2.24. The van der Waals surface area contributed by atoms with E-state index in [9.17, 15) is 9.59 Å². The number of anilines is 1. The van der Waals surface area contributed by atoms with Gasteiger partial charge in [0, 0.05) is 61.0 Å². The van der Waals surface area contributed by atoms with Crippen molar-refractivity contribution < 1.29 is 14.3 Å². The Morgan fingerprint density at radius 2 is 1.97 bits per heavy atom. The minimum Gasteiger partial charge on any atom is -0.398 e. The summed E-state index contributed by atoms with van der Waals surface area (Å²) < 4.78 is 5.49. The highest BCUT2D eigenvalue weighted by Gasteiger charge is 2.26. The van der Waals surface area contributed by atoms with Crippen LogP contribution in [0.15, 0.2) is 71.4 Å². The molecule has 8 nitrogen and oxygen atoms in total. The van der Waals surface area contributed by atoms with Crippen molar-refractivity contribution in [1.29, 1.82) is 0 Å². The molecule has 36 heavy (non-hydrogen) atoms. The molecule has 0 bridgehead atoms. The van der Waals surface area contributed by atoms with Gasteiger partial charge in [0.15, 0.2) is 0 Å². The number of likely N-dealkylation sites (tertiary alicyclic amines) is 1. The van der Waals surface area contributed by atoms with Crippen LogP contribution in [0.4, 0.5) is 5.69 Å². The van der Waals surface area contributed by atoms with Crippen molar-refractivity contribution in [1.82, 2.24) is 9.88 Å². The average molecular weight is 484 g/mol. The molecular formula is C28H29N5O3. The van der Waals surface area contributed by atoms with Crippen molar-refractivity contribution in [3.05, 3.63) is 77.5 Å². The molecule has 2 amide bonds. The minimum atomic E-state index is -0.252. The summed E-state index contributed by atoms with van der Waals surface area (Å²) in [5, 5.41) is 3.88. The molecule has 3 N–H and O–H groups in total. The number of amides is 2. The minimum absolute atomic E-state index is 0.000623. The summed E-state index contributed by atoms with van der Waals surface area (Å²) in [6.07, 6.45) is 3.17. The van der Waals surface area contributed by atoms with Gasteiger partial charge in [0.05, 0.1) is 30.0 Å². The van der Waals surface area contributed by atoms with E-state index in [2.05, 4.69) is 10.3 Å². The summed E-state index contributed by atoms with van der Waals surface area (Å²) >= 11 is 0. The Labute approximate surface area is 209 Å². The number of hydrogen-bond acceptors (Lipinski definition) is 6. The van der Waals surface area contributed by atoms with Crippen molar-refractivity contribution in [2.45, 2.75) is 25.8 Å². The molecule has 1 aromatic heterocycles. The van der Waals surface area contributed by atoms with Crippen LogP contribution >= 0.6 is 0 Å². The third kappa shape index (κ3) is 5.13. The van der Waals surface area contributed by atoms with Crippen LogP contribution in [0.3, 0.4) is 0 Å². The van der Waals surface area contributed by atoms with E-state index < -0.39 is 0 Å². The number of nitrogens with zero attached hydrogens (tertiary/aromatic N) is 3. The molecule has 0 aliphatic carbocycles. The lowest BCUT2D eigenvalue weighted by Gasteiger charge is -2.30. The molecule has 2 aliphatic heterocycles. The molecule has 184 valence electrons. The first-order valence-electron chi connectivity index (χ1n) is 12.1. The maximum absolute atomic E-state index is 13.1. The monoisotopic (exact) mass is 483 g/mol. The van der Waals surface area contributed by atoms with Crippen LogP contribution in [0.25, 0.3) is 16.6 Å². The zero-order chi connectivity index (χ0) is 25.1. The molecule has 1 atom stereocenters. The molecule has 0 spiro atoms. The second-order valence-electron chi connectivity index (χ2n) is 9.13. The van der Waals surface area contributed by atoms with Gasteiger partial charge in [-0.3, -0.25) is 19.6 Å². The first-order chi connectivity index (χ1) is 17.5. The summed E-state index contributed by atoms with van der Waals surface area (Å²) in [5.74, 6) is -0.251. The highest BCUT2D eigenvalue weighted by molar-refractivity contribution is 6.09. The van der Waals surface area contributed by atoms with Crippen LogP contribution in [0, 0.1) is 0 Å². The Morgan fingerprint density at radius 1 is 1.14 bits per heavy atom. The maximum atomic E-state index is 13.1. The summed E-state index contributed by atoms with van der Waals surface area (Å²) in [4.78, 5) is 36.3. The molecule has 2 aromatic carbocycles. The molecule has 8 heteroatoms. The van der Waals surface area contributed by atoms with E-state index >= 15 is 0 Å². The fourth-order valence-electron chi connectivity index (χ4n) is 4.59. The number of fused-ring (bicyclic) bond motifs is 1. The zero-order valence-corrected chi connectivity index (χ0v) is 20.2. The van der Waals surface area contributed by atoms with Crippen LogP contribution in [-0.4, -0.2) is 59.8 Å². The van der Waals surface area contributed by atoms with Gasteiger partial charge in [0.1, 0.15) is 0 Å². The van der Waals surface area contributed by atoms with E-state index in [4.69, 9.17) is 15.5 Å². The molecule has 3 aromatic rings. The fourth-order valence-corrected chi connectivity index (χ4v) is 4.59. The van der Waals surface area contributed by atoms with E-state index in [0.29, 0.717) is 49.7 Å². The fraction of sp³-hybridized carbons (Fsp3) is 0.286. The van der Waals surface area contributed by atoms with Crippen LogP contribution in [0.2, 0.25) is 0 Å². The first kappa shape index (κ1) is 23.7. The quantitative estimate of drug-likeness (QED) is 0.589. The molecule has 1 unspecified atom stereocenters. The summed E-state index contributed by atoms with van der Waals surface area (Å²) in [5.41, 5.74) is 11.6. The van der Waals surface area contributed by atoms with Crippen LogP contribution in [-0.2, 0) is 9.53 Å². The van der Waals surface area contributed by atoms with E-state index in [1.54, 1.807) is 30.2 Å². The number of aliphatic imine (C=N–C) groups is 1. The Hall–Kier alpha value is -4.04. The highest BCUT2D eigenvalue weighted by atomic mass is 16.5. The predicted molar refractivity (Wildman–Crippen MR) is 141 cm³/mol. The van der Waals surface area contributed by atoms with E-state index in [0.717, 1.165) is 34.2 Å². The largest absolute Gasteiger partial charge is 0.398 e. The molecule has 2 saturated heterocycles. The van der Waals surface area contributed by atoms with Crippen LogP contribution in [0.5, 0.6) is 0 Å². The number of hydrogen-bond donors (Lipinski definition) is 2. The SMILES string of the molecule is CC(=O)N1CCC(=NC2CCOC2)C(=C(N)c2cccc(C(=O)Nc3cnc4ccccc4c3)c2)C1. The van der Waals surface area contributed by atoms with Gasteiger partial charge in [-0.25, -0.2) is 0 Å². The predicted octanol–water partition coefficient (Wildman–Crippen LogP) is 3.64. The second-order valence-corrected chi connectivity index (χ2v) is 9.13. The number of rotatable bonds is 4. The number of pyridine rings is 1. The van der Waals surface area contributed by atoms with Gasteiger partial charge in [0.2, 0.25) is 5.91 Å². The number of benzene rings is 2. The summed E-state index contributed by atoms with van der Waals surface area (Å²) in [6, 6.07) is 17.0. The van der Waals surface area contributed by atoms with Crippen molar-refractivity contribution in [3.8, 4) is 0 Å². The van der Waals surface area contributed by atoms with Gasteiger partial charge in [-0.15, -0.1) is 0 Å². The molecule has 0 radical (unpaired) electrons. The molecule has 3 heterocycles. The number of ether oxygens (including phenoxy) is 1. The number of nitrogens with one attached hydrogen (secondary N) is 1. The van der Waals surface area contributed by atoms with Crippen molar-refractivity contribution in [3.63, 3.8) is 0 Å². The molecule has 5 rings (SSSR count). The van der Waals surface area contributed by atoms with Gasteiger partial charge in [-0.05, 0) is 36.2 Å². The average Bonchev–Trinajstić information content (AvgIpc) is 3.41.